The lowest BCUT2D eigenvalue weighted by Gasteiger charge is -2.36. The third kappa shape index (κ3) is 5.28. The summed E-state index contributed by atoms with van der Waals surface area (Å²) in [4.78, 5) is 0. The van der Waals surface area contributed by atoms with Crippen molar-refractivity contribution in [3.05, 3.63) is 0 Å². The second-order valence-corrected chi connectivity index (χ2v) is 5.70. The normalized spacial score (nSPS) is 27.4. The summed E-state index contributed by atoms with van der Waals surface area (Å²) in [7, 11) is 0. The Balaban J connectivity index is 2.44. The van der Waals surface area contributed by atoms with E-state index >= 15 is 0 Å². The zero-order valence-electron chi connectivity index (χ0n) is 11.3. The van der Waals surface area contributed by atoms with E-state index < -0.39 is 0 Å². The summed E-state index contributed by atoms with van der Waals surface area (Å²) in [6.07, 6.45) is 2.67. The SMILES string of the molecule is CC(C)OCC1OCCCC1OC(C)(C)C. The molecule has 96 valence electrons. The van der Waals surface area contributed by atoms with Gasteiger partial charge in [0, 0.05) is 6.61 Å². The van der Waals surface area contributed by atoms with E-state index in [-0.39, 0.29) is 23.9 Å². The molecule has 0 aromatic carbocycles. The molecule has 0 saturated carbocycles. The molecule has 1 heterocycles. The highest BCUT2D eigenvalue weighted by atomic mass is 16.6. The molecule has 16 heavy (non-hydrogen) atoms. The monoisotopic (exact) mass is 230 g/mol. The maximum absolute atomic E-state index is 6.02. The van der Waals surface area contributed by atoms with Gasteiger partial charge in [-0.05, 0) is 47.5 Å². The minimum Gasteiger partial charge on any atom is -0.376 e. The topological polar surface area (TPSA) is 27.7 Å². The van der Waals surface area contributed by atoms with E-state index in [1.165, 1.54) is 0 Å². The second-order valence-electron chi connectivity index (χ2n) is 5.70. The van der Waals surface area contributed by atoms with Crippen LogP contribution in [0.4, 0.5) is 0 Å². The molecule has 0 N–H and O–H groups in total. The summed E-state index contributed by atoms with van der Waals surface area (Å²) < 4.78 is 17.4. The first-order chi connectivity index (χ1) is 7.38. The lowest BCUT2D eigenvalue weighted by atomic mass is 10.0. The molecule has 0 aromatic rings. The van der Waals surface area contributed by atoms with Gasteiger partial charge in [0.25, 0.3) is 0 Å². The van der Waals surface area contributed by atoms with E-state index in [0.717, 1.165) is 19.4 Å². The summed E-state index contributed by atoms with van der Waals surface area (Å²) in [6.45, 7) is 11.8. The molecule has 0 amide bonds. The van der Waals surface area contributed by atoms with Gasteiger partial charge in [0.15, 0.2) is 0 Å². The summed E-state index contributed by atoms with van der Waals surface area (Å²) in [5.41, 5.74) is -0.110. The van der Waals surface area contributed by atoms with Crippen LogP contribution in [0.1, 0.15) is 47.5 Å². The number of ether oxygens (including phenoxy) is 3. The first kappa shape index (κ1) is 13.9. The van der Waals surface area contributed by atoms with Gasteiger partial charge in [-0.25, -0.2) is 0 Å². The first-order valence-corrected chi connectivity index (χ1v) is 6.29. The van der Waals surface area contributed by atoms with Crippen LogP contribution >= 0.6 is 0 Å². The first-order valence-electron chi connectivity index (χ1n) is 6.29. The molecule has 0 bridgehead atoms. The average molecular weight is 230 g/mol. The van der Waals surface area contributed by atoms with Gasteiger partial charge in [-0.15, -0.1) is 0 Å². The number of hydrogen-bond donors (Lipinski definition) is 0. The van der Waals surface area contributed by atoms with Gasteiger partial charge in [-0.2, -0.15) is 0 Å². The Labute approximate surface area is 99.5 Å². The van der Waals surface area contributed by atoms with Crippen LogP contribution in [0.15, 0.2) is 0 Å². The molecule has 0 aromatic heterocycles. The largest absolute Gasteiger partial charge is 0.376 e. The Morgan fingerprint density at radius 1 is 1.31 bits per heavy atom. The van der Waals surface area contributed by atoms with Crippen molar-refractivity contribution in [3.8, 4) is 0 Å². The second kappa shape index (κ2) is 5.99. The lowest BCUT2D eigenvalue weighted by Crippen LogP contribution is -2.43. The molecule has 1 fully saturated rings. The van der Waals surface area contributed by atoms with Crippen LogP contribution in [0.3, 0.4) is 0 Å². The van der Waals surface area contributed by atoms with Crippen LogP contribution in [-0.4, -0.2) is 37.1 Å². The van der Waals surface area contributed by atoms with E-state index in [9.17, 15) is 0 Å². The fraction of sp³-hybridized carbons (Fsp3) is 1.00. The van der Waals surface area contributed by atoms with E-state index in [2.05, 4.69) is 20.8 Å². The van der Waals surface area contributed by atoms with Gasteiger partial charge in [-0.3, -0.25) is 0 Å². The highest BCUT2D eigenvalue weighted by Crippen LogP contribution is 2.23. The van der Waals surface area contributed by atoms with Crippen molar-refractivity contribution < 1.29 is 14.2 Å². The molecule has 2 atom stereocenters. The van der Waals surface area contributed by atoms with E-state index in [4.69, 9.17) is 14.2 Å². The predicted molar refractivity (Wildman–Crippen MR) is 64.7 cm³/mol. The van der Waals surface area contributed by atoms with Crippen molar-refractivity contribution in [2.24, 2.45) is 0 Å². The standard InChI is InChI=1S/C13H26O3/c1-10(2)15-9-12-11(7-6-8-14-12)16-13(3,4)5/h10-12H,6-9H2,1-5H3. The fourth-order valence-electron chi connectivity index (χ4n) is 1.84. The average Bonchev–Trinajstić information content (AvgIpc) is 2.14. The molecule has 2 unspecified atom stereocenters. The third-order valence-corrected chi connectivity index (χ3v) is 2.48. The molecule has 1 saturated heterocycles. The van der Waals surface area contributed by atoms with E-state index in [1.54, 1.807) is 0 Å². The van der Waals surface area contributed by atoms with Crippen LogP contribution < -0.4 is 0 Å². The molecule has 1 aliphatic heterocycles. The summed E-state index contributed by atoms with van der Waals surface area (Å²) >= 11 is 0. The van der Waals surface area contributed by atoms with Crippen molar-refractivity contribution in [2.45, 2.75) is 71.4 Å². The van der Waals surface area contributed by atoms with Gasteiger partial charge in [0.2, 0.25) is 0 Å². The van der Waals surface area contributed by atoms with Gasteiger partial charge < -0.3 is 14.2 Å². The Morgan fingerprint density at radius 2 is 2.00 bits per heavy atom. The summed E-state index contributed by atoms with van der Waals surface area (Å²) in [5, 5.41) is 0. The Morgan fingerprint density at radius 3 is 2.56 bits per heavy atom. The molecule has 0 radical (unpaired) electrons. The minimum absolute atomic E-state index is 0.0929. The van der Waals surface area contributed by atoms with Crippen molar-refractivity contribution in [2.75, 3.05) is 13.2 Å². The van der Waals surface area contributed by atoms with Crippen molar-refractivity contribution in [3.63, 3.8) is 0 Å². The lowest BCUT2D eigenvalue weighted by molar-refractivity contribution is -0.172. The van der Waals surface area contributed by atoms with Crippen LogP contribution in [0.25, 0.3) is 0 Å². The third-order valence-electron chi connectivity index (χ3n) is 2.48. The van der Waals surface area contributed by atoms with Gasteiger partial charge in [0.05, 0.1) is 24.4 Å². The Hall–Kier alpha value is -0.120. The maximum Gasteiger partial charge on any atom is 0.107 e. The quantitative estimate of drug-likeness (QED) is 0.743. The zero-order valence-corrected chi connectivity index (χ0v) is 11.3. The zero-order chi connectivity index (χ0) is 12.2. The molecule has 3 heteroatoms. The van der Waals surface area contributed by atoms with Crippen LogP contribution in [-0.2, 0) is 14.2 Å². The van der Waals surface area contributed by atoms with Gasteiger partial charge in [-0.1, -0.05) is 0 Å². The molecular weight excluding hydrogens is 204 g/mol. The molecule has 1 aliphatic rings. The Kier molecular flexibility index (Phi) is 5.22. The van der Waals surface area contributed by atoms with E-state index in [0.29, 0.717) is 6.61 Å². The van der Waals surface area contributed by atoms with Crippen molar-refractivity contribution in [1.82, 2.24) is 0 Å². The molecule has 1 rings (SSSR count). The van der Waals surface area contributed by atoms with E-state index in [1.807, 2.05) is 13.8 Å². The van der Waals surface area contributed by atoms with Crippen molar-refractivity contribution >= 4 is 0 Å². The number of rotatable bonds is 4. The predicted octanol–water partition coefficient (Wildman–Crippen LogP) is 2.77. The maximum atomic E-state index is 6.02. The van der Waals surface area contributed by atoms with Crippen LogP contribution in [0.2, 0.25) is 0 Å². The van der Waals surface area contributed by atoms with Crippen LogP contribution in [0, 0.1) is 0 Å². The van der Waals surface area contributed by atoms with Gasteiger partial charge >= 0.3 is 0 Å². The smallest absolute Gasteiger partial charge is 0.107 e. The fourth-order valence-corrected chi connectivity index (χ4v) is 1.84. The van der Waals surface area contributed by atoms with Crippen LogP contribution in [0.5, 0.6) is 0 Å². The minimum atomic E-state index is -0.110. The van der Waals surface area contributed by atoms with Crippen molar-refractivity contribution in [1.29, 1.82) is 0 Å². The number of hydrogen-bond acceptors (Lipinski definition) is 3. The molecule has 0 aliphatic carbocycles. The summed E-state index contributed by atoms with van der Waals surface area (Å²) in [6, 6.07) is 0. The Bertz CT molecular complexity index is 196. The summed E-state index contributed by atoms with van der Waals surface area (Å²) in [5.74, 6) is 0. The highest BCUT2D eigenvalue weighted by molar-refractivity contribution is 4.78. The molecule has 0 spiro atoms. The highest BCUT2D eigenvalue weighted by Gasteiger charge is 2.30. The molecular formula is C13H26O3. The van der Waals surface area contributed by atoms with Gasteiger partial charge in [0.1, 0.15) is 6.10 Å². The molecule has 3 nitrogen and oxygen atoms in total.